The number of hydrogen-bond acceptors (Lipinski definition) is 5. The summed E-state index contributed by atoms with van der Waals surface area (Å²) < 4.78 is 10.6. The Morgan fingerprint density at radius 2 is 1.85 bits per heavy atom. The molecule has 0 spiro atoms. The fourth-order valence-electron chi connectivity index (χ4n) is 2.44. The van der Waals surface area contributed by atoms with E-state index >= 15 is 0 Å². The molecule has 3 aromatic rings. The van der Waals surface area contributed by atoms with Gasteiger partial charge in [0.05, 0.1) is 19.6 Å². The highest BCUT2D eigenvalue weighted by atomic mass is 16.5. The molecule has 0 atom stereocenters. The van der Waals surface area contributed by atoms with Gasteiger partial charge in [-0.2, -0.15) is 4.98 Å². The Kier molecular flexibility index (Phi) is 5.63. The van der Waals surface area contributed by atoms with E-state index < -0.39 is 0 Å². The molecule has 26 heavy (non-hydrogen) atoms. The summed E-state index contributed by atoms with van der Waals surface area (Å²) in [6.07, 6.45) is 0.283. The van der Waals surface area contributed by atoms with Crippen LogP contribution in [0.4, 0.5) is 0 Å². The van der Waals surface area contributed by atoms with Crippen molar-refractivity contribution in [2.24, 2.45) is 0 Å². The molecule has 0 bridgehead atoms. The standard InChI is InChI=1S/C20H21N3O3/c1-3-25-17-10-6-15(7-11-17)12-18(24)21-13-19-22-20(23-26-19)16-8-4-14(2)5-9-16/h4-11H,3,12-13H2,1-2H3,(H,21,24). The number of hydrogen-bond donors (Lipinski definition) is 1. The molecule has 6 nitrogen and oxygen atoms in total. The van der Waals surface area contributed by atoms with Crippen molar-refractivity contribution in [3.8, 4) is 17.1 Å². The first kappa shape index (κ1) is 17.7. The Morgan fingerprint density at radius 3 is 2.54 bits per heavy atom. The lowest BCUT2D eigenvalue weighted by Crippen LogP contribution is -2.24. The van der Waals surface area contributed by atoms with E-state index in [1.165, 1.54) is 5.56 Å². The maximum absolute atomic E-state index is 12.1. The molecule has 6 heteroatoms. The highest BCUT2D eigenvalue weighted by molar-refractivity contribution is 5.78. The van der Waals surface area contributed by atoms with Gasteiger partial charge in [0.1, 0.15) is 5.75 Å². The molecule has 0 aliphatic rings. The minimum absolute atomic E-state index is 0.107. The second kappa shape index (κ2) is 8.29. The number of carbonyl (C=O) groups is 1. The van der Waals surface area contributed by atoms with Crippen molar-refractivity contribution in [1.82, 2.24) is 15.5 Å². The van der Waals surface area contributed by atoms with E-state index in [0.717, 1.165) is 16.9 Å². The van der Waals surface area contributed by atoms with Gasteiger partial charge in [0.2, 0.25) is 17.6 Å². The first-order valence-corrected chi connectivity index (χ1v) is 8.52. The van der Waals surface area contributed by atoms with Crippen LogP contribution in [0.25, 0.3) is 11.4 Å². The van der Waals surface area contributed by atoms with Crippen LogP contribution in [-0.2, 0) is 17.8 Å². The van der Waals surface area contributed by atoms with Crippen molar-refractivity contribution in [2.45, 2.75) is 26.8 Å². The third-order valence-electron chi connectivity index (χ3n) is 3.81. The minimum Gasteiger partial charge on any atom is -0.494 e. The van der Waals surface area contributed by atoms with Gasteiger partial charge in [-0.1, -0.05) is 47.1 Å². The molecular formula is C20H21N3O3. The molecule has 0 unspecified atom stereocenters. The van der Waals surface area contributed by atoms with Crippen molar-refractivity contribution in [2.75, 3.05) is 6.61 Å². The summed E-state index contributed by atoms with van der Waals surface area (Å²) in [6.45, 7) is 4.78. The van der Waals surface area contributed by atoms with Crippen LogP contribution in [0.3, 0.4) is 0 Å². The lowest BCUT2D eigenvalue weighted by Gasteiger charge is -2.05. The molecule has 0 saturated carbocycles. The number of aromatic nitrogens is 2. The van der Waals surface area contributed by atoms with Gasteiger partial charge in [-0.15, -0.1) is 0 Å². The van der Waals surface area contributed by atoms with Gasteiger partial charge in [-0.25, -0.2) is 0 Å². The molecule has 0 aliphatic heterocycles. The lowest BCUT2D eigenvalue weighted by atomic mass is 10.1. The minimum atomic E-state index is -0.107. The maximum atomic E-state index is 12.1. The summed E-state index contributed by atoms with van der Waals surface area (Å²) in [5, 5.41) is 6.75. The van der Waals surface area contributed by atoms with Crippen molar-refractivity contribution < 1.29 is 14.1 Å². The molecule has 0 radical (unpaired) electrons. The molecule has 134 valence electrons. The number of carbonyl (C=O) groups excluding carboxylic acids is 1. The first-order chi connectivity index (χ1) is 12.6. The van der Waals surface area contributed by atoms with Gasteiger partial charge in [0.25, 0.3) is 0 Å². The van der Waals surface area contributed by atoms with Crippen LogP contribution in [0.5, 0.6) is 5.75 Å². The third-order valence-corrected chi connectivity index (χ3v) is 3.81. The number of aryl methyl sites for hydroxylation is 1. The predicted molar refractivity (Wildman–Crippen MR) is 97.6 cm³/mol. The Balaban J connectivity index is 1.52. The highest BCUT2D eigenvalue weighted by Crippen LogP contribution is 2.16. The van der Waals surface area contributed by atoms with Crippen LogP contribution in [0, 0.1) is 6.92 Å². The normalized spacial score (nSPS) is 10.5. The largest absolute Gasteiger partial charge is 0.494 e. The van der Waals surface area contributed by atoms with Crippen molar-refractivity contribution in [1.29, 1.82) is 0 Å². The molecular weight excluding hydrogens is 330 g/mol. The SMILES string of the molecule is CCOc1ccc(CC(=O)NCc2nc(-c3ccc(C)cc3)no2)cc1. The van der Waals surface area contributed by atoms with Crippen LogP contribution >= 0.6 is 0 Å². The zero-order valence-corrected chi connectivity index (χ0v) is 14.9. The molecule has 1 N–H and O–H groups in total. The van der Waals surface area contributed by atoms with Gasteiger partial charge in [-0.3, -0.25) is 4.79 Å². The third kappa shape index (κ3) is 4.69. The van der Waals surface area contributed by atoms with Crippen LogP contribution in [0.1, 0.15) is 23.9 Å². The van der Waals surface area contributed by atoms with Crippen LogP contribution in [-0.4, -0.2) is 22.7 Å². The number of rotatable bonds is 7. The Bertz CT molecular complexity index is 855. The zero-order chi connectivity index (χ0) is 18.4. The monoisotopic (exact) mass is 351 g/mol. The summed E-state index contributed by atoms with van der Waals surface area (Å²) in [6, 6.07) is 15.3. The average molecular weight is 351 g/mol. The van der Waals surface area contributed by atoms with E-state index in [1.807, 2.05) is 62.4 Å². The van der Waals surface area contributed by atoms with Gasteiger partial charge in [0, 0.05) is 5.56 Å². The van der Waals surface area contributed by atoms with Crippen LogP contribution in [0.2, 0.25) is 0 Å². The second-order valence-corrected chi connectivity index (χ2v) is 5.91. The number of nitrogens with zero attached hydrogens (tertiary/aromatic N) is 2. The molecule has 3 rings (SSSR count). The predicted octanol–water partition coefficient (Wildman–Crippen LogP) is 3.30. The fraction of sp³-hybridized carbons (Fsp3) is 0.250. The number of ether oxygens (including phenoxy) is 1. The van der Waals surface area contributed by atoms with Crippen LogP contribution in [0.15, 0.2) is 53.1 Å². The summed E-state index contributed by atoms with van der Waals surface area (Å²) >= 11 is 0. The van der Waals surface area contributed by atoms with Gasteiger partial charge < -0.3 is 14.6 Å². The lowest BCUT2D eigenvalue weighted by molar-refractivity contribution is -0.120. The molecule has 1 heterocycles. The number of amides is 1. The molecule has 0 saturated heterocycles. The van der Waals surface area contributed by atoms with Crippen molar-refractivity contribution in [3.63, 3.8) is 0 Å². The Labute approximate surface area is 152 Å². The van der Waals surface area contributed by atoms with Gasteiger partial charge in [0.15, 0.2) is 0 Å². The number of benzene rings is 2. The molecule has 0 aliphatic carbocycles. The van der Waals surface area contributed by atoms with E-state index in [-0.39, 0.29) is 18.9 Å². The van der Waals surface area contributed by atoms with E-state index in [2.05, 4.69) is 15.5 Å². The Morgan fingerprint density at radius 1 is 1.12 bits per heavy atom. The van der Waals surface area contributed by atoms with Crippen molar-refractivity contribution in [3.05, 3.63) is 65.5 Å². The zero-order valence-electron chi connectivity index (χ0n) is 14.9. The smallest absolute Gasteiger partial charge is 0.246 e. The quantitative estimate of drug-likeness (QED) is 0.707. The molecule has 0 fully saturated rings. The van der Waals surface area contributed by atoms with Gasteiger partial charge >= 0.3 is 0 Å². The maximum Gasteiger partial charge on any atom is 0.246 e. The van der Waals surface area contributed by atoms with E-state index in [0.29, 0.717) is 18.3 Å². The summed E-state index contributed by atoms with van der Waals surface area (Å²) in [7, 11) is 0. The summed E-state index contributed by atoms with van der Waals surface area (Å²) in [5.41, 5.74) is 2.96. The Hall–Kier alpha value is -3.15. The average Bonchev–Trinajstić information content (AvgIpc) is 3.11. The molecule has 1 aromatic heterocycles. The van der Waals surface area contributed by atoms with Crippen molar-refractivity contribution >= 4 is 5.91 Å². The van der Waals surface area contributed by atoms with Gasteiger partial charge in [-0.05, 0) is 31.5 Å². The van der Waals surface area contributed by atoms with E-state index in [9.17, 15) is 4.79 Å². The first-order valence-electron chi connectivity index (χ1n) is 8.52. The van der Waals surface area contributed by atoms with E-state index in [4.69, 9.17) is 9.26 Å². The summed E-state index contributed by atoms with van der Waals surface area (Å²) in [5.74, 6) is 1.58. The molecule has 1 amide bonds. The summed E-state index contributed by atoms with van der Waals surface area (Å²) in [4.78, 5) is 16.4. The van der Waals surface area contributed by atoms with E-state index in [1.54, 1.807) is 0 Å². The fourth-order valence-corrected chi connectivity index (χ4v) is 2.44. The highest BCUT2D eigenvalue weighted by Gasteiger charge is 2.10. The molecule has 2 aromatic carbocycles. The second-order valence-electron chi connectivity index (χ2n) is 5.91. The number of nitrogens with one attached hydrogen (secondary N) is 1. The topological polar surface area (TPSA) is 77.2 Å². The van der Waals surface area contributed by atoms with Crippen LogP contribution < -0.4 is 10.1 Å².